The van der Waals surface area contributed by atoms with Crippen molar-refractivity contribution in [2.75, 3.05) is 0 Å². The zero-order valence-corrected chi connectivity index (χ0v) is 4.77. The number of furan rings is 1. The minimum Gasteiger partial charge on any atom is -0.465 e. The molecule has 1 rings (SSSR count). The molecule has 0 fully saturated rings. The average molecular weight is 110 g/mol. The van der Waals surface area contributed by atoms with Gasteiger partial charge in [-0.15, -0.1) is 0 Å². The second-order valence-corrected chi connectivity index (χ2v) is 1.69. The standard InChI is InChI=1S/C6H8NO/c1-5-2-3-6(4-7)8-5/h2-3,7H,4H2,1H3. The van der Waals surface area contributed by atoms with Gasteiger partial charge >= 0.3 is 0 Å². The Balaban J connectivity index is 2.84. The number of nitrogens with one attached hydrogen (secondary N) is 1. The Morgan fingerprint density at radius 2 is 2.38 bits per heavy atom. The summed E-state index contributed by atoms with van der Waals surface area (Å²) in [5.74, 6) is 1.62. The number of hydrogen-bond donors (Lipinski definition) is 0. The highest BCUT2D eigenvalue weighted by Gasteiger charge is 1.91. The quantitative estimate of drug-likeness (QED) is 0.538. The van der Waals surface area contributed by atoms with Crippen LogP contribution in [0.15, 0.2) is 16.5 Å². The molecule has 0 amide bonds. The lowest BCUT2D eigenvalue weighted by atomic mass is 10.4. The van der Waals surface area contributed by atoms with Crippen LogP contribution < -0.4 is 5.73 Å². The van der Waals surface area contributed by atoms with Gasteiger partial charge in [0, 0.05) is 0 Å². The zero-order chi connectivity index (χ0) is 5.98. The third-order valence-corrected chi connectivity index (χ3v) is 0.970. The summed E-state index contributed by atoms with van der Waals surface area (Å²) in [5, 5.41) is 0. The lowest BCUT2D eigenvalue weighted by Crippen LogP contribution is -1.76. The van der Waals surface area contributed by atoms with Crippen LogP contribution in [-0.2, 0) is 6.54 Å². The molecule has 8 heavy (non-hydrogen) atoms. The summed E-state index contributed by atoms with van der Waals surface area (Å²) < 4.78 is 5.05. The minimum absolute atomic E-state index is 0.244. The Labute approximate surface area is 48.3 Å². The fraction of sp³-hybridized carbons (Fsp3) is 0.333. The minimum atomic E-state index is 0.244. The van der Waals surface area contributed by atoms with Crippen molar-refractivity contribution in [3.63, 3.8) is 0 Å². The Morgan fingerprint density at radius 3 is 2.62 bits per heavy atom. The molecule has 0 saturated carbocycles. The Bertz CT molecular complexity index is 169. The molecule has 43 valence electrons. The zero-order valence-electron chi connectivity index (χ0n) is 4.77. The van der Waals surface area contributed by atoms with Gasteiger partial charge in [-0.25, -0.2) is 5.73 Å². The maximum absolute atomic E-state index is 6.86. The monoisotopic (exact) mass is 110 g/mol. The molecule has 0 aromatic carbocycles. The van der Waals surface area contributed by atoms with Gasteiger partial charge in [0.15, 0.2) is 0 Å². The van der Waals surface area contributed by atoms with E-state index in [1.54, 1.807) is 0 Å². The lowest BCUT2D eigenvalue weighted by molar-refractivity contribution is 0.483. The van der Waals surface area contributed by atoms with Crippen LogP contribution in [0.4, 0.5) is 0 Å². The van der Waals surface area contributed by atoms with Crippen LogP contribution in [0.5, 0.6) is 0 Å². The van der Waals surface area contributed by atoms with Gasteiger partial charge in [-0.3, -0.25) is 0 Å². The van der Waals surface area contributed by atoms with Crippen LogP contribution in [0.1, 0.15) is 11.5 Å². The van der Waals surface area contributed by atoms with Crippen molar-refractivity contribution in [2.45, 2.75) is 13.5 Å². The van der Waals surface area contributed by atoms with E-state index in [4.69, 9.17) is 10.2 Å². The van der Waals surface area contributed by atoms with Gasteiger partial charge in [0.05, 0.1) is 6.54 Å². The number of rotatable bonds is 1. The third-order valence-electron chi connectivity index (χ3n) is 0.970. The van der Waals surface area contributed by atoms with Crippen LogP contribution in [0.25, 0.3) is 0 Å². The van der Waals surface area contributed by atoms with E-state index in [1.165, 1.54) is 0 Å². The highest BCUT2D eigenvalue weighted by molar-refractivity contribution is 5.04. The fourth-order valence-corrected chi connectivity index (χ4v) is 0.580. The normalized spacial score (nSPS) is 9.75. The molecule has 0 aliphatic carbocycles. The summed E-state index contributed by atoms with van der Waals surface area (Å²) in [6.07, 6.45) is 0. The highest BCUT2D eigenvalue weighted by Crippen LogP contribution is 2.04. The van der Waals surface area contributed by atoms with E-state index in [2.05, 4.69) is 0 Å². The fourth-order valence-electron chi connectivity index (χ4n) is 0.580. The predicted molar refractivity (Wildman–Crippen MR) is 30.2 cm³/mol. The largest absolute Gasteiger partial charge is 0.465 e. The van der Waals surface area contributed by atoms with E-state index in [0.29, 0.717) is 0 Å². The van der Waals surface area contributed by atoms with Gasteiger partial charge in [0.2, 0.25) is 0 Å². The molecule has 0 aliphatic heterocycles. The van der Waals surface area contributed by atoms with Crippen molar-refractivity contribution in [1.29, 1.82) is 0 Å². The SMILES string of the molecule is Cc1ccc(C[NH])o1. The summed E-state index contributed by atoms with van der Waals surface area (Å²) >= 11 is 0. The molecule has 1 aromatic heterocycles. The molecular weight excluding hydrogens is 102 g/mol. The lowest BCUT2D eigenvalue weighted by Gasteiger charge is -1.82. The first-order valence-corrected chi connectivity index (χ1v) is 2.53. The molecule has 1 N–H and O–H groups in total. The molecule has 0 aliphatic rings. The van der Waals surface area contributed by atoms with Crippen molar-refractivity contribution >= 4 is 0 Å². The maximum atomic E-state index is 6.86. The molecule has 1 radical (unpaired) electrons. The van der Waals surface area contributed by atoms with Crippen LogP contribution in [-0.4, -0.2) is 0 Å². The molecular formula is C6H8NO. The molecule has 1 heterocycles. The molecule has 0 saturated heterocycles. The van der Waals surface area contributed by atoms with E-state index >= 15 is 0 Å². The number of aryl methyl sites for hydroxylation is 1. The van der Waals surface area contributed by atoms with Crippen molar-refractivity contribution in [3.05, 3.63) is 23.7 Å². The van der Waals surface area contributed by atoms with E-state index < -0.39 is 0 Å². The maximum Gasteiger partial charge on any atom is 0.119 e. The van der Waals surface area contributed by atoms with Crippen LogP contribution in [0.3, 0.4) is 0 Å². The molecule has 2 heteroatoms. The highest BCUT2D eigenvalue weighted by atomic mass is 16.3. The molecule has 0 bridgehead atoms. The van der Waals surface area contributed by atoms with Crippen molar-refractivity contribution < 1.29 is 4.42 Å². The average Bonchev–Trinajstić information content (AvgIpc) is 2.14. The smallest absolute Gasteiger partial charge is 0.119 e. The molecule has 0 spiro atoms. The molecule has 0 unspecified atom stereocenters. The van der Waals surface area contributed by atoms with Gasteiger partial charge in [-0.1, -0.05) is 0 Å². The third kappa shape index (κ3) is 0.898. The second-order valence-electron chi connectivity index (χ2n) is 1.69. The topological polar surface area (TPSA) is 36.9 Å². The van der Waals surface area contributed by atoms with Crippen molar-refractivity contribution in [3.8, 4) is 0 Å². The number of hydrogen-bond acceptors (Lipinski definition) is 1. The Hall–Kier alpha value is -0.760. The summed E-state index contributed by atoms with van der Waals surface area (Å²) in [6.45, 7) is 2.12. The van der Waals surface area contributed by atoms with E-state index in [1.807, 2.05) is 19.1 Å². The summed E-state index contributed by atoms with van der Waals surface area (Å²) in [7, 11) is 0. The van der Waals surface area contributed by atoms with Gasteiger partial charge < -0.3 is 4.42 Å². The van der Waals surface area contributed by atoms with Crippen molar-refractivity contribution in [2.24, 2.45) is 0 Å². The Morgan fingerprint density at radius 1 is 1.62 bits per heavy atom. The van der Waals surface area contributed by atoms with Crippen molar-refractivity contribution in [1.82, 2.24) is 5.73 Å². The van der Waals surface area contributed by atoms with Gasteiger partial charge in [-0.05, 0) is 19.1 Å². The molecule has 1 aromatic rings. The van der Waals surface area contributed by atoms with E-state index in [0.717, 1.165) is 11.5 Å². The molecule has 2 nitrogen and oxygen atoms in total. The van der Waals surface area contributed by atoms with Gasteiger partial charge in [0.1, 0.15) is 11.5 Å². The van der Waals surface area contributed by atoms with Gasteiger partial charge in [0.25, 0.3) is 0 Å². The Kier molecular flexibility index (Phi) is 1.35. The first-order valence-electron chi connectivity index (χ1n) is 2.53. The first-order chi connectivity index (χ1) is 3.83. The van der Waals surface area contributed by atoms with Gasteiger partial charge in [-0.2, -0.15) is 0 Å². The first kappa shape index (κ1) is 5.38. The van der Waals surface area contributed by atoms with Crippen LogP contribution >= 0.6 is 0 Å². The molecule has 0 atom stereocenters. The van der Waals surface area contributed by atoms with Crippen LogP contribution in [0, 0.1) is 6.92 Å². The summed E-state index contributed by atoms with van der Waals surface area (Å²) in [4.78, 5) is 0. The predicted octanol–water partition coefficient (Wildman–Crippen LogP) is 1.37. The van der Waals surface area contributed by atoms with E-state index in [-0.39, 0.29) is 6.54 Å². The summed E-state index contributed by atoms with van der Waals surface area (Å²) in [5.41, 5.74) is 6.86. The summed E-state index contributed by atoms with van der Waals surface area (Å²) in [6, 6.07) is 3.69. The second kappa shape index (κ2) is 2.01. The van der Waals surface area contributed by atoms with Crippen LogP contribution in [0.2, 0.25) is 0 Å². The van der Waals surface area contributed by atoms with E-state index in [9.17, 15) is 0 Å².